The molecule has 7 heteroatoms. The Kier molecular flexibility index (Phi) is 2.80. The van der Waals surface area contributed by atoms with Gasteiger partial charge in [0.2, 0.25) is 0 Å². The van der Waals surface area contributed by atoms with Gasteiger partial charge in [-0.05, 0) is 6.07 Å². The topological polar surface area (TPSA) is 84.2 Å². The molecule has 0 bridgehead atoms. The molecular weight excluding hydrogens is 193 g/mol. The van der Waals surface area contributed by atoms with Gasteiger partial charge in [0.15, 0.2) is 0 Å². The summed E-state index contributed by atoms with van der Waals surface area (Å²) in [4.78, 5) is 21.2. The number of aliphatic carboxylic acids is 1. The number of halogens is 1. The number of nitrogens with zero attached hydrogens (tertiary/aromatic N) is 2. The normalized spacial score (nSPS) is 12.1. The van der Waals surface area contributed by atoms with E-state index < -0.39 is 18.2 Å². The van der Waals surface area contributed by atoms with Gasteiger partial charge < -0.3 is 10.4 Å². The van der Waals surface area contributed by atoms with E-state index in [0.717, 1.165) is 6.20 Å². The Hall–Kier alpha value is -1.92. The summed E-state index contributed by atoms with van der Waals surface area (Å²) >= 11 is 0. The van der Waals surface area contributed by atoms with E-state index >= 15 is 0 Å². The first-order valence-electron chi connectivity index (χ1n) is 3.70. The Bertz CT molecular complexity index is 363. The van der Waals surface area contributed by atoms with Crippen LogP contribution in [0, 0.1) is 0 Å². The van der Waals surface area contributed by atoms with Crippen LogP contribution in [0.15, 0.2) is 12.3 Å². The van der Waals surface area contributed by atoms with Crippen LogP contribution in [0.3, 0.4) is 0 Å². The predicted molar refractivity (Wildman–Crippen MR) is 43.4 cm³/mol. The number of nitrogens with one attached hydrogen (secondary N) is 1. The van der Waals surface area contributed by atoms with Gasteiger partial charge in [0.05, 0.1) is 0 Å². The van der Waals surface area contributed by atoms with Crippen molar-refractivity contribution in [2.45, 2.75) is 6.30 Å². The van der Waals surface area contributed by atoms with Crippen molar-refractivity contribution in [2.75, 3.05) is 7.05 Å². The third kappa shape index (κ3) is 1.87. The summed E-state index contributed by atoms with van der Waals surface area (Å²) in [6.45, 7) is 0. The third-order valence-corrected chi connectivity index (χ3v) is 1.50. The number of hydrogen-bond acceptors (Lipinski definition) is 3. The van der Waals surface area contributed by atoms with Crippen molar-refractivity contribution in [3.05, 3.63) is 18.0 Å². The van der Waals surface area contributed by atoms with Crippen LogP contribution in [-0.4, -0.2) is 33.8 Å². The molecule has 1 atom stereocenters. The molecule has 6 nitrogen and oxygen atoms in total. The highest BCUT2D eigenvalue weighted by Crippen LogP contribution is 2.07. The fraction of sp³-hybridized carbons (Fsp3) is 0.286. The number of aromatic nitrogens is 2. The van der Waals surface area contributed by atoms with Gasteiger partial charge in [-0.15, -0.1) is 0 Å². The molecule has 0 radical (unpaired) electrons. The van der Waals surface area contributed by atoms with Gasteiger partial charge in [0.1, 0.15) is 5.69 Å². The molecule has 0 aromatic carbocycles. The molecule has 0 spiro atoms. The van der Waals surface area contributed by atoms with E-state index in [4.69, 9.17) is 5.11 Å². The molecule has 1 heterocycles. The lowest BCUT2D eigenvalue weighted by atomic mass is 10.4. The lowest BCUT2D eigenvalue weighted by molar-refractivity contribution is -0.146. The average molecular weight is 201 g/mol. The Morgan fingerprint density at radius 2 is 2.36 bits per heavy atom. The maximum absolute atomic E-state index is 12.8. The van der Waals surface area contributed by atoms with Crippen molar-refractivity contribution < 1.29 is 19.1 Å². The van der Waals surface area contributed by atoms with Crippen LogP contribution in [0.4, 0.5) is 4.39 Å². The molecule has 1 aromatic rings. The molecule has 0 saturated carbocycles. The highest BCUT2D eigenvalue weighted by atomic mass is 19.1. The van der Waals surface area contributed by atoms with Crippen molar-refractivity contribution in [1.29, 1.82) is 0 Å². The standard InChI is InChI=1S/C7H8FN3O3/c1-9-6(12)4-2-3-11(10-4)5(8)7(13)14/h2-3,5H,1H3,(H,9,12)(H,13,14). The fourth-order valence-corrected chi connectivity index (χ4v) is 0.827. The number of carboxylic acid groups (broad SMARTS) is 1. The Labute approximate surface area is 78.3 Å². The molecule has 1 amide bonds. The first kappa shape index (κ1) is 10.2. The van der Waals surface area contributed by atoms with Crippen LogP contribution in [0.2, 0.25) is 0 Å². The molecule has 1 aromatic heterocycles. The van der Waals surface area contributed by atoms with Gasteiger partial charge in [-0.1, -0.05) is 0 Å². The molecule has 0 aliphatic heterocycles. The number of carbonyl (C=O) groups is 2. The fourth-order valence-electron chi connectivity index (χ4n) is 0.827. The maximum Gasteiger partial charge on any atom is 0.361 e. The molecule has 0 fully saturated rings. The van der Waals surface area contributed by atoms with Crippen LogP contribution in [0.25, 0.3) is 0 Å². The first-order valence-corrected chi connectivity index (χ1v) is 3.70. The van der Waals surface area contributed by atoms with E-state index in [0.29, 0.717) is 4.68 Å². The SMILES string of the molecule is CNC(=O)c1ccn(C(F)C(=O)O)n1. The van der Waals surface area contributed by atoms with Crippen molar-refractivity contribution in [2.24, 2.45) is 0 Å². The largest absolute Gasteiger partial charge is 0.478 e. The minimum Gasteiger partial charge on any atom is -0.478 e. The number of hydrogen-bond donors (Lipinski definition) is 2. The lowest BCUT2D eigenvalue weighted by Crippen LogP contribution is -2.20. The van der Waals surface area contributed by atoms with Crippen molar-refractivity contribution in [1.82, 2.24) is 15.1 Å². The summed E-state index contributed by atoms with van der Waals surface area (Å²) in [6, 6.07) is 1.23. The number of carbonyl (C=O) groups excluding carboxylic acids is 1. The zero-order valence-electron chi connectivity index (χ0n) is 7.27. The summed E-state index contributed by atoms with van der Waals surface area (Å²) in [6.07, 6.45) is -1.18. The third-order valence-electron chi connectivity index (χ3n) is 1.50. The zero-order valence-corrected chi connectivity index (χ0v) is 7.27. The van der Waals surface area contributed by atoms with Gasteiger partial charge in [-0.2, -0.15) is 5.10 Å². The van der Waals surface area contributed by atoms with Crippen molar-refractivity contribution in [3.63, 3.8) is 0 Å². The molecule has 1 rings (SSSR count). The van der Waals surface area contributed by atoms with E-state index in [1.807, 2.05) is 0 Å². The monoisotopic (exact) mass is 201 g/mol. The second-order valence-electron chi connectivity index (χ2n) is 2.43. The number of rotatable bonds is 3. The van der Waals surface area contributed by atoms with Gasteiger partial charge in [0.25, 0.3) is 12.2 Å². The van der Waals surface area contributed by atoms with E-state index in [2.05, 4.69) is 10.4 Å². The smallest absolute Gasteiger partial charge is 0.361 e. The summed E-state index contributed by atoms with van der Waals surface area (Å²) in [5.41, 5.74) is -0.0311. The van der Waals surface area contributed by atoms with Crippen LogP contribution in [0.1, 0.15) is 16.8 Å². The highest BCUT2D eigenvalue weighted by molar-refractivity contribution is 5.91. The molecule has 1 unspecified atom stereocenters. The average Bonchev–Trinajstić information content (AvgIpc) is 2.64. The number of alkyl halides is 1. The summed E-state index contributed by atoms with van der Waals surface area (Å²) in [7, 11) is 1.39. The van der Waals surface area contributed by atoms with Gasteiger partial charge in [0, 0.05) is 13.2 Å². The van der Waals surface area contributed by atoms with Gasteiger partial charge in [-0.25, -0.2) is 13.9 Å². The summed E-state index contributed by atoms with van der Waals surface area (Å²) in [5, 5.41) is 14.0. The maximum atomic E-state index is 12.8. The Balaban J connectivity index is 2.88. The summed E-state index contributed by atoms with van der Waals surface area (Å²) < 4.78 is 13.4. The minimum atomic E-state index is -2.27. The first-order chi connectivity index (χ1) is 6.56. The van der Waals surface area contributed by atoms with Gasteiger partial charge in [-0.3, -0.25) is 4.79 Å². The van der Waals surface area contributed by atoms with Crippen molar-refractivity contribution >= 4 is 11.9 Å². The van der Waals surface area contributed by atoms with Crippen LogP contribution < -0.4 is 5.32 Å². The lowest BCUT2D eigenvalue weighted by Gasteiger charge is -2.01. The predicted octanol–water partition coefficient (Wildman–Crippen LogP) is -0.205. The summed E-state index contributed by atoms with van der Waals surface area (Å²) in [5.74, 6) is -2.15. The molecule has 2 N–H and O–H groups in total. The quantitative estimate of drug-likeness (QED) is 0.709. The second-order valence-corrected chi connectivity index (χ2v) is 2.43. The Morgan fingerprint density at radius 1 is 1.71 bits per heavy atom. The molecule has 0 aliphatic carbocycles. The van der Waals surface area contributed by atoms with E-state index in [-0.39, 0.29) is 5.69 Å². The van der Waals surface area contributed by atoms with Crippen molar-refractivity contribution in [3.8, 4) is 0 Å². The van der Waals surface area contributed by atoms with Crippen LogP contribution in [0.5, 0.6) is 0 Å². The van der Waals surface area contributed by atoms with E-state index in [9.17, 15) is 14.0 Å². The minimum absolute atomic E-state index is 0.0311. The highest BCUT2D eigenvalue weighted by Gasteiger charge is 2.19. The molecular formula is C7H8FN3O3. The number of amides is 1. The number of carboxylic acids is 1. The van der Waals surface area contributed by atoms with E-state index in [1.165, 1.54) is 13.1 Å². The molecule has 0 saturated heterocycles. The zero-order chi connectivity index (χ0) is 10.7. The molecule has 76 valence electrons. The second kappa shape index (κ2) is 3.86. The van der Waals surface area contributed by atoms with Gasteiger partial charge >= 0.3 is 5.97 Å². The molecule has 0 aliphatic rings. The van der Waals surface area contributed by atoms with E-state index in [1.54, 1.807) is 0 Å². The van der Waals surface area contributed by atoms with Crippen LogP contribution in [-0.2, 0) is 4.79 Å². The Morgan fingerprint density at radius 3 is 2.86 bits per heavy atom. The van der Waals surface area contributed by atoms with Crippen LogP contribution >= 0.6 is 0 Å². The molecule has 14 heavy (non-hydrogen) atoms.